The van der Waals surface area contributed by atoms with E-state index < -0.39 is 0 Å². The van der Waals surface area contributed by atoms with E-state index in [9.17, 15) is 9.90 Å². The van der Waals surface area contributed by atoms with Crippen molar-refractivity contribution in [1.29, 1.82) is 0 Å². The van der Waals surface area contributed by atoms with Gasteiger partial charge in [0.2, 0.25) is 0 Å². The number of methoxy groups -OCH3 is 1. The highest BCUT2D eigenvalue weighted by atomic mass is 16.5. The van der Waals surface area contributed by atoms with Gasteiger partial charge in [-0.2, -0.15) is 0 Å². The number of rotatable bonds is 4. The predicted molar refractivity (Wildman–Crippen MR) is 73.9 cm³/mol. The van der Waals surface area contributed by atoms with Crippen LogP contribution in [-0.2, 0) is 6.54 Å². The van der Waals surface area contributed by atoms with E-state index in [1.807, 2.05) is 0 Å². The zero-order valence-electron chi connectivity index (χ0n) is 11.0. The molecule has 5 nitrogen and oxygen atoms in total. The van der Waals surface area contributed by atoms with Gasteiger partial charge in [0.1, 0.15) is 5.75 Å². The van der Waals surface area contributed by atoms with E-state index >= 15 is 0 Å². The second-order valence-corrected chi connectivity index (χ2v) is 4.24. The van der Waals surface area contributed by atoms with E-state index in [4.69, 9.17) is 9.84 Å². The van der Waals surface area contributed by atoms with Crippen molar-refractivity contribution in [2.45, 2.75) is 6.54 Å². The van der Waals surface area contributed by atoms with Gasteiger partial charge in [0, 0.05) is 12.1 Å². The molecule has 0 heterocycles. The van der Waals surface area contributed by atoms with Gasteiger partial charge < -0.3 is 20.3 Å². The Bertz CT molecular complexity index is 608. The second-order valence-electron chi connectivity index (χ2n) is 4.24. The van der Waals surface area contributed by atoms with Crippen molar-refractivity contribution in [2.24, 2.45) is 0 Å². The Labute approximate surface area is 116 Å². The van der Waals surface area contributed by atoms with Crippen LogP contribution < -0.4 is 10.1 Å². The maximum Gasteiger partial charge on any atom is 0.251 e. The van der Waals surface area contributed by atoms with E-state index in [2.05, 4.69) is 5.32 Å². The van der Waals surface area contributed by atoms with Crippen molar-refractivity contribution in [3.05, 3.63) is 53.6 Å². The van der Waals surface area contributed by atoms with Gasteiger partial charge in [-0.15, -0.1) is 0 Å². The molecule has 0 radical (unpaired) electrons. The van der Waals surface area contributed by atoms with Gasteiger partial charge in [-0.25, -0.2) is 0 Å². The molecule has 0 fully saturated rings. The predicted octanol–water partition coefficient (Wildman–Crippen LogP) is 2.04. The molecule has 2 rings (SSSR count). The molecule has 20 heavy (non-hydrogen) atoms. The topological polar surface area (TPSA) is 78.8 Å². The van der Waals surface area contributed by atoms with Crippen LogP contribution in [0.4, 0.5) is 0 Å². The average Bonchev–Trinajstić information content (AvgIpc) is 2.46. The number of carbonyl (C=O) groups is 1. The lowest BCUT2D eigenvalue weighted by Crippen LogP contribution is -2.22. The summed E-state index contributed by atoms with van der Waals surface area (Å²) in [6, 6.07) is 10.9. The summed E-state index contributed by atoms with van der Waals surface area (Å²) >= 11 is 0. The highest BCUT2D eigenvalue weighted by molar-refractivity contribution is 5.94. The standard InChI is InChI=1S/C15H15NO4/c1-20-14-8-10(2-7-13(14)18)9-16-15(19)11-3-5-12(17)6-4-11/h2-8,17-18H,9H2,1H3,(H,16,19). The van der Waals surface area contributed by atoms with Crippen molar-refractivity contribution < 1.29 is 19.7 Å². The molecular weight excluding hydrogens is 258 g/mol. The molecule has 5 heteroatoms. The zero-order chi connectivity index (χ0) is 14.5. The van der Waals surface area contributed by atoms with Crippen LogP contribution in [0.15, 0.2) is 42.5 Å². The van der Waals surface area contributed by atoms with E-state index in [1.54, 1.807) is 24.3 Å². The Hall–Kier alpha value is -2.69. The van der Waals surface area contributed by atoms with E-state index in [-0.39, 0.29) is 17.4 Å². The van der Waals surface area contributed by atoms with E-state index in [0.717, 1.165) is 5.56 Å². The molecule has 1 amide bonds. The number of ether oxygens (including phenoxy) is 1. The summed E-state index contributed by atoms with van der Waals surface area (Å²) in [6.45, 7) is 0.316. The lowest BCUT2D eigenvalue weighted by Gasteiger charge is -2.08. The minimum absolute atomic E-state index is 0.0566. The normalized spacial score (nSPS) is 10.1. The van der Waals surface area contributed by atoms with Crippen LogP contribution in [-0.4, -0.2) is 23.2 Å². The first kappa shape index (κ1) is 13.7. The summed E-state index contributed by atoms with van der Waals surface area (Å²) in [6.07, 6.45) is 0. The van der Waals surface area contributed by atoms with Crippen LogP contribution in [0.3, 0.4) is 0 Å². The summed E-state index contributed by atoms with van der Waals surface area (Å²) in [5.74, 6) is 0.296. The number of phenolic OH excluding ortho intramolecular Hbond substituents is 2. The third-order valence-corrected chi connectivity index (χ3v) is 2.83. The molecule has 0 saturated carbocycles. The fourth-order valence-corrected chi connectivity index (χ4v) is 1.73. The van der Waals surface area contributed by atoms with Gasteiger partial charge in [0.05, 0.1) is 7.11 Å². The first-order valence-corrected chi connectivity index (χ1v) is 6.03. The van der Waals surface area contributed by atoms with Crippen molar-refractivity contribution >= 4 is 5.91 Å². The molecule has 0 unspecified atom stereocenters. The third kappa shape index (κ3) is 3.20. The first-order valence-electron chi connectivity index (χ1n) is 6.03. The van der Waals surface area contributed by atoms with Crippen LogP contribution in [0.5, 0.6) is 17.2 Å². The monoisotopic (exact) mass is 273 g/mol. The van der Waals surface area contributed by atoms with Gasteiger partial charge in [0.15, 0.2) is 11.5 Å². The van der Waals surface area contributed by atoms with Crippen LogP contribution in [0.25, 0.3) is 0 Å². The summed E-state index contributed by atoms with van der Waals surface area (Å²) in [4.78, 5) is 11.9. The molecule has 104 valence electrons. The number of benzene rings is 2. The van der Waals surface area contributed by atoms with Gasteiger partial charge in [-0.1, -0.05) is 6.07 Å². The van der Waals surface area contributed by atoms with Gasteiger partial charge in [0.25, 0.3) is 5.91 Å². The molecule has 0 spiro atoms. The van der Waals surface area contributed by atoms with Crippen molar-refractivity contribution in [2.75, 3.05) is 7.11 Å². The lowest BCUT2D eigenvalue weighted by atomic mass is 10.1. The summed E-state index contributed by atoms with van der Waals surface area (Å²) in [5, 5.41) is 21.4. The molecule has 0 atom stereocenters. The SMILES string of the molecule is COc1cc(CNC(=O)c2ccc(O)cc2)ccc1O. The molecule has 0 aliphatic heterocycles. The number of carbonyl (C=O) groups excluding carboxylic acids is 1. The van der Waals surface area contributed by atoms with Crippen LogP contribution >= 0.6 is 0 Å². The van der Waals surface area contributed by atoms with Crippen molar-refractivity contribution in [1.82, 2.24) is 5.32 Å². The number of nitrogens with one attached hydrogen (secondary N) is 1. The molecule has 0 bridgehead atoms. The molecule has 2 aromatic rings. The highest BCUT2D eigenvalue weighted by Crippen LogP contribution is 2.26. The Morgan fingerprint density at radius 1 is 1.15 bits per heavy atom. The minimum atomic E-state index is -0.239. The quantitative estimate of drug-likeness (QED) is 0.796. The summed E-state index contributed by atoms with van der Waals surface area (Å²) in [5.41, 5.74) is 1.28. The molecule has 3 N–H and O–H groups in total. The molecule has 0 aliphatic carbocycles. The molecular formula is C15H15NO4. The fourth-order valence-electron chi connectivity index (χ4n) is 1.73. The van der Waals surface area contributed by atoms with Gasteiger partial charge in [-0.3, -0.25) is 4.79 Å². The number of hydrogen-bond donors (Lipinski definition) is 3. The third-order valence-electron chi connectivity index (χ3n) is 2.83. The second kappa shape index (κ2) is 5.97. The number of aromatic hydroxyl groups is 2. The molecule has 0 aliphatic rings. The van der Waals surface area contributed by atoms with E-state index in [0.29, 0.717) is 17.9 Å². The van der Waals surface area contributed by atoms with Crippen LogP contribution in [0.2, 0.25) is 0 Å². The Balaban J connectivity index is 2.01. The van der Waals surface area contributed by atoms with Crippen LogP contribution in [0.1, 0.15) is 15.9 Å². The summed E-state index contributed by atoms with van der Waals surface area (Å²) in [7, 11) is 1.47. The Morgan fingerprint density at radius 3 is 2.50 bits per heavy atom. The van der Waals surface area contributed by atoms with Crippen molar-refractivity contribution in [3.63, 3.8) is 0 Å². The van der Waals surface area contributed by atoms with E-state index in [1.165, 1.54) is 25.3 Å². The maximum absolute atomic E-state index is 11.9. The Kier molecular flexibility index (Phi) is 4.10. The first-order chi connectivity index (χ1) is 9.60. The Morgan fingerprint density at radius 2 is 1.85 bits per heavy atom. The average molecular weight is 273 g/mol. The fraction of sp³-hybridized carbons (Fsp3) is 0.133. The minimum Gasteiger partial charge on any atom is -0.508 e. The smallest absolute Gasteiger partial charge is 0.251 e. The number of hydrogen-bond acceptors (Lipinski definition) is 4. The molecule has 0 saturated heterocycles. The van der Waals surface area contributed by atoms with Gasteiger partial charge >= 0.3 is 0 Å². The summed E-state index contributed by atoms with van der Waals surface area (Å²) < 4.78 is 5.00. The maximum atomic E-state index is 11.9. The largest absolute Gasteiger partial charge is 0.508 e. The molecule has 0 aromatic heterocycles. The number of amides is 1. The van der Waals surface area contributed by atoms with Crippen molar-refractivity contribution in [3.8, 4) is 17.2 Å². The van der Waals surface area contributed by atoms with Gasteiger partial charge in [-0.05, 0) is 42.0 Å². The molecule has 2 aromatic carbocycles. The lowest BCUT2D eigenvalue weighted by molar-refractivity contribution is 0.0951. The van der Waals surface area contributed by atoms with Crippen LogP contribution in [0, 0.1) is 0 Å². The zero-order valence-corrected chi connectivity index (χ0v) is 11.0. The highest BCUT2D eigenvalue weighted by Gasteiger charge is 2.07. The number of phenols is 2.